The third kappa shape index (κ3) is 6.24. The van der Waals surface area contributed by atoms with Gasteiger partial charge in [0.05, 0.1) is 4.91 Å². The molecular formula is C16H26N2O3S2. The van der Waals surface area contributed by atoms with Crippen LogP contribution in [0.15, 0.2) is 11.0 Å². The Morgan fingerprint density at radius 3 is 2.52 bits per heavy atom. The van der Waals surface area contributed by atoms with Gasteiger partial charge in [0, 0.05) is 19.5 Å². The van der Waals surface area contributed by atoms with Crippen molar-refractivity contribution in [3.63, 3.8) is 0 Å². The quantitative estimate of drug-likeness (QED) is 0.505. The lowest BCUT2D eigenvalue weighted by Crippen LogP contribution is -2.34. The van der Waals surface area contributed by atoms with Crippen LogP contribution in [0.1, 0.15) is 40.5 Å². The fourth-order valence-corrected chi connectivity index (χ4v) is 4.00. The molecule has 0 bridgehead atoms. The molecule has 0 saturated carbocycles. The number of hydrogen-bond acceptors (Lipinski definition) is 5. The normalized spacial score (nSPS) is 17.6. The first-order valence-electron chi connectivity index (χ1n) is 7.91. The number of aliphatic carboxylic acids is 1. The summed E-state index contributed by atoms with van der Waals surface area (Å²) in [6.45, 7) is 11.7. The molecular weight excluding hydrogens is 332 g/mol. The van der Waals surface area contributed by atoms with Gasteiger partial charge in [-0.25, -0.2) is 0 Å². The van der Waals surface area contributed by atoms with E-state index in [0.717, 1.165) is 19.6 Å². The summed E-state index contributed by atoms with van der Waals surface area (Å²) in [6.07, 6.45) is 2.46. The van der Waals surface area contributed by atoms with Gasteiger partial charge in [-0.2, -0.15) is 0 Å². The number of carbonyl (C=O) groups is 2. The van der Waals surface area contributed by atoms with Crippen molar-refractivity contribution in [1.29, 1.82) is 0 Å². The Balaban J connectivity index is 2.75. The standard InChI is InChI=1S/C16H26N2O3S2/c1-5-17(6-2)11-16(3,4)10-12-14(21)18(15(22)23-12)9-7-8-13(19)20/h10H,5-9,11H2,1-4H3,(H,19,20). The van der Waals surface area contributed by atoms with Gasteiger partial charge in [0.25, 0.3) is 5.91 Å². The molecule has 1 aliphatic heterocycles. The average molecular weight is 359 g/mol. The van der Waals surface area contributed by atoms with E-state index in [9.17, 15) is 9.59 Å². The lowest BCUT2D eigenvalue weighted by Gasteiger charge is -2.29. The van der Waals surface area contributed by atoms with Gasteiger partial charge in [-0.1, -0.05) is 57.8 Å². The average Bonchev–Trinajstić information content (AvgIpc) is 2.71. The molecule has 1 saturated heterocycles. The fourth-order valence-electron chi connectivity index (χ4n) is 2.51. The second kappa shape index (κ2) is 8.80. The van der Waals surface area contributed by atoms with Crippen LogP contribution < -0.4 is 0 Å². The highest BCUT2D eigenvalue weighted by Gasteiger charge is 2.33. The highest BCUT2D eigenvalue weighted by Crippen LogP contribution is 2.35. The van der Waals surface area contributed by atoms with Gasteiger partial charge in [0.15, 0.2) is 0 Å². The minimum absolute atomic E-state index is 0.0452. The second-order valence-electron chi connectivity index (χ2n) is 6.28. The molecule has 1 fully saturated rings. The van der Waals surface area contributed by atoms with Crippen molar-refractivity contribution in [3.05, 3.63) is 11.0 Å². The van der Waals surface area contributed by atoms with Crippen molar-refractivity contribution in [1.82, 2.24) is 9.80 Å². The zero-order chi connectivity index (χ0) is 17.6. The highest BCUT2D eigenvalue weighted by atomic mass is 32.2. The fraction of sp³-hybridized carbons (Fsp3) is 0.688. The van der Waals surface area contributed by atoms with E-state index in [2.05, 4.69) is 32.6 Å². The molecule has 7 heteroatoms. The molecule has 0 spiro atoms. The van der Waals surface area contributed by atoms with Gasteiger partial charge >= 0.3 is 5.97 Å². The van der Waals surface area contributed by atoms with Crippen molar-refractivity contribution in [2.45, 2.75) is 40.5 Å². The SMILES string of the molecule is CCN(CC)CC(C)(C)C=C1SC(=S)N(CCCC(=O)O)C1=O. The lowest BCUT2D eigenvalue weighted by atomic mass is 9.92. The number of carboxylic acids is 1. The number of hydrogen-bond donors (Lipinski definition) is 1. The number of amides is 1. The summed E-state index contributed by atoms with van der Waals surface area (Å²) in [7, 11) is 0. The van der Waals surface area contributed by atoms with Crippen LogP contribution in [0.3, 0.4) is 0 Å². The van der Waals surface area contributed by atoms with Gasteiger partial charge in [0.1, 0.15) is 4.32 Å². The van der Waals surface area contributed by atoms with Crippen LogP contribution in [-0.2, 0) is 9.59 Å². The number of carboxylic acid groups (broad SMARTS) is 1. The van der Waals surface area contributed by atoms with Crippen LogP contribution in [0.5, 0.6) is 0 Å². The lowest BCUT2D eigenvalue weighted by molar-refractivity contribution is -0.137. The number of nitrogens with zero attached hydrogens (tertiary/aromatic N) is 2. The molecule has 23 heavy (non-hydrogen) atoms. The summed E-state index contributed by atoms with van der Waals surface area (Å²) >= 11 is 6.58. The van der Waals surface area contributed by atoms with Crippen LogP contribution in [-0.4, -0.2) is 57.3 Å². The zero-order valence-electron chi connectivity index (χ0n) is 14.3. The molecule has 130 valence electrons. The van der Waals surface area contributed by atoms with Gasteiger partial charge in [0.2, 0.25) is 0 Å². The number of thioether (sulfide) groups is 1. The Bertz CT molecular complexity index is 500. The van der Waals surface area contributed by atoms with Crippen LogP contribution >= 0.6 is 24.0 Å². The van der Waals surface area contributed by atoms with E-state index in [1.807, 2.05) is 6.08 Å². The highest BCUT2D eigenvalue weighted by molar-refractivity contribution is 8.26. The largest absolute Gasteiger partial charge is 0.481 e. The van der Waals surface area contributed by atoms with Gasteiger partial charge in [-0.05, 0) is 24.9 Å². The van der Waals surface area contributed by atoms with Crippen molar-refractivity contribution in [2.24, 2.45) is 5.41 Å². The number of carbonyl (C=O) groups excluding carboxylic acids is 1. The van der Waals surface area contributed by atoms with Crippen LogP contribution in [0.4, 0.5) is 0 Å². The van der Waals surface area contributed by atoms with Crippen molar-refractivity contribution in [2.75, 3.05) is 26.2 Å². The first-order chi connectivity index (χ1) is 10.7. The topological polar surface area (TPSA) is 60.9 Å². The van der Waals surface area contributed by atoms with Crippen molar-refractivity contribution in [3.8, 4) is 0 Å². The first kappa shape index (κ1) is 20.1. The molecule has 1 aliphatic rings. The number of rotatable bonds is 9. The molecule has 0 atom stereocenters. The third-order valence-corrected chi connectivity index (χ3v) is 5.07. The molecule has 0 aliphatic carbocycles. The van der Waals surface area contributed by atoms with Crippen LogP contribution in [0.25, 0.3) is 0 Å². The summed E-state index contributed by atoms with van der Waals surface area (Å²) in [5, 5.41) is 8.70. The van der Waals surface area contributed by atoms with Crippen molar-refractivity contribution < 1.29 is 14.7 Å². The van der Waals surface area contributed by atoms with E-state index < -0.39 is 5.97 Å². The molecule has 5 nitrogen and oxygen atoms in total. The molecule has 0 aromatic rings. The predicted molar refractivity (Wildman–Crippen MR) is 98.4 cm³/mol. The van der Waals surface area contributed by atoms with E-state index in [-0.39, 0.29) is 17.7 Å². The predicted octanol–water partition coefficient (Wildman–Crippen LogP) is 2.96. The van der Waals surface area contributed by atoms with E-state index in [1.54, 1.807) is 0 Å². The molecule has 0 aromatic heterocycles. The van der Waals surface area contributed by atoms with Crippen molar-refractivity contribution >= 4 is 40.2 Å². The minimum Gasteiger partial charge on any atom is -0.481 e. The molecule has 1 rings (SSSR count). The smallest absolute Gasteiger partial charge is 0.303 e. The summed E-state index contributed by atoms with van der Waals surface area (Å²) in [5.41, 5.74) is -0.128. The van der Waals surface area contributed by atoms with E-state index in [0.29, 0.717) is 22.2 Å². The second-order valence-corrected chi connectivity index (χ2v) is 7.96. The van der Waals surface area contributed by atoms with E-state index in [4.69, 9.17) is 17.3 Å². The van der Waals surface area contributed by atoms with Crippen LogP contribution in [0, 0.1) is 5.41 Å². The molecule has 1 amide bonds. The zero-order valence-corrected chi connectivity index (χ0v) is 15.9. The number of thiocarbonyl (C=S) groups is 1. The van der Waals surface area contributed by atoms with Gasteiger partial charge in [-0.3, -0.25) is 14.5 Å². The Hall–Kier alpha value is -0.920. The Kier molecular flexibility index (Phi) is 7.70. The Morgan fingerprint density at radius 2 is 2.00 bits per heavy atom. The van der Waals surface area contributed by atoms with Gasteiger partial charge in [-0.15, -0.1) is 0 Å². The first-order valence-corrected chi connectivity index (χ1v) is 9.13. The summed E-state index contributed by atoms with van der Waals surface area (Å²) in [5.74, 6) is -0.954. The molecule has 0 aromatic carbocycles. The maximum absolute atomic E-state index is 12.5. The summed E-state index contributed by atoms with van der Waals surface area (Å²) < 4.78 is 0.519. The summed E-state index contributed by atoms with van der Waals surface area (Å²) in [4.78, 5) is 27.6. The third-order valence-electron chi connectivity index (χ3n) is 3.69. The van der Waals surface area contributed by atoms with E-state index in [1.165, 1.54) is 16.7 Å². The monoisotopic (exact) mass is 358 g/mol. The Labute approximate surface area is 148 Å². The van der Waals surface area contributed by atoms with Gasteiger partial charge < -0.3 is 10.0 Å². The maximum atomic E-state index is 12.5. The van der Waals surface area contributed by atoms with Crippen LogP contribution in [0.2, 0.25) is 0 Å². The maximum Gasteiger partial charge on any atom is 0.303 e. The Morgan fingerprint density at radius 1 is 1.39 bits per heavy atom. The minimum atomic E-state index is -0.855. The summed E-state index contributed by atoms with van der Waals surface area (Å²) in [6, 6.07) is 0. The molecule has 1 heterocycles. The molecule has 0 radical (unpaired) electrons. The van der Waals surface area contributed by atoms with E-state index >= 15 is 0 Å². The molecule has 1 N–H and O–H groups in total. The molecule has 0 unspecified atom stereocenters.